The number of anilines is 3. The van der Waals surface area contributed by atoms with Gasteiger partial charge in [0.25, 0.3) is 0 Å². The number of benzene rings is 2. The number of halogens is 6. The van der Waals surface area contributed by atoms with Gasteiger partial charge in [0.1, 0.15) is 17.8 Å². The minimum absolute atomic E-state index is 0.0235. The number of carbonyl (C=O) groups is 1. The van der Waals surface area contributed by atoms with Gasteiger partial charge in [0, 0.05) is 23.3 Å². The van der Waals surface area contributed by atoms with E-state index in [1.165, 1.54) is 18.5 Å². The summed E-state index contributed by atoms with van der Waals surface area (Å²) in [6.45, 7) is 0. The Morgan fingerprint density at radius 2 is 1.50 bits per heavy atom. The summed E-state index contributed by atoms with van der Waals surface area (Å²) >= 11 is 0. The number of fused-ring (bicyclic) bond motifs is 1. The van der Waals surface area contributed by atoms with Crippen LogP contribution in [-0.2, 0) is 12.4 Å². The van der Waals surface area contributed by atoms with E-state index < -0.39 is 35.2 Å². The minimum atomic E-state index is -5.03. The van der Waals surface area contributed by atoms with Gasteiger partial charge < -0.3 is 20.9 Å². The first-order chi connectivity index (χ1) is 15.9. The zero-order valence-electron chi connectivity index (χ0n) is 16.9. The van der Waals surface area contributed by atoms with E-state index in [1.807, 2.05) is 5.32 Å². The van der Waals surface area contributed by atoms with Crippen molar-refractivity contribution in [1.29, 1.82) is 0 Å². The first-order valence-corrected chi connectivity index (χ1v) is 9.47. The van der Waals surface area contributed by atoms with E-state index >= 15 is 0 Å². The van der Waals surface area contributed by atoms with Crippen molar-refractivity contribution in [3.05, 3.63) is 72.2 Å². The van der Waals surface area contributed by atoms with Crippen LogP contribution >= 0.6 is 0 Å². The predicted octanol–water partition coefficient (Wildman–Crippen LogP) is 5.68. The second kappa shape index (κ2) is 8.24. The number of rotatable bonds is 3. The Balaban J connectivity index is 1.58. The molecule has 0 spiro atoms. The highest BCUT2D eigenvalue weighted by atomic mass is 19.4. The Kier molecular flexibility index (Phi) is 5.55. The molecule has 4 N–H and O–H groups in total. The Morgan fingerprint density at radius 1 is 0.853 bits per heavy atom. The molecule has 0 bridgehead atoms. The van der Waals surface area contributed by atoms with Gasteiger partial charge in [0.05, 0.1) is 16.5 Å². The van der Waals surface area contributed by atoms with Gasteiger partial charge in [0.15, 0.2) is 0 Å². The first-order valence-electron chi connectivity index (χ1n) is 9.47. The SMILES string of the molecule is Nc1ncnc2c1ccn2-c1cccc(NC(=O)Nc2cc(C(F)(F)F)cc(C(F)(F)F)c2)c1. The summed E-state index contributed by atoms with van der Waals surface area (Å²) in [5.74, 6) is 0.275. The number of hydrogen-bond acceptors (Lipinski definition) is 4. The maximum Gasteiger partial charge on any atom is 0.416 e. The Hall–Kier alpha value is -4.29. The summed E-state index contributed by atoms with van der Waals surface area (Å²) in [7, 11) is 0. The van der Waals surface area contributed by atoms with Gasteiger partial charge in [0.2, 0.25) is 0 Å². The van der Waals surface area contributed by atoms with Crippen LogP contribution < -0.4 is 16.4 Å². The van der Waals surface area contributed by atoms with Crippen LogP contribution in [0.5, 0.6) is 0 Å². The predicted molar refractivity (Wildman–Crippen MR) is 112 cm³/mol. The first kappa shape index (κ1) is 22.9. The Morgan fingerprint density at radius 3 is 2.15 bits per heavy atom. The third kappa shape index (κ3) is 4.72. The fraction of sp³-hybridized carbons (Fsp3) is 0.0952. The van der Waals surface area contributed by atoms with Crippen LogP contribution in [0.25, 0.3) is 16.7 Å². The fourth-order valence-electron chi connectivity index (χ4n) is 3.23. The van der Waals surface area contributed by atoms with Crippen LogP contribution in [0.2, 0.25) is 0 Å². The molecule has 4 rings (SSSR count). The standard InChI is InChI=1S/C21H14F6N6O/c22-20(23,24)11-6-12(21(25,26)27)8-14(7-11)32-19(34)31-13-2-1-3-15(9-13)33-5-4-16-17(28)29-10-30-18(16)33/h1-10H,(H2,28,29,30)(H2,31,32,34). The highest BCUT2D eigenvalue weighted by molar-refractivity contribution is 6.00. The molecule has 0 saturated heterocycles. The third-order valence-electron chi connectivity index (χ3n) is 4.74. The van der Waals surface area contributed by atoms with Gasteiger partial charge in [-0.05, 0) is 42.5 Å². The van der Waals surface area contributed by atoms with Gasteiger partial charge in [-0.15, -0.1) is 0 Å². The van der Waals surface area contributed by atoms with E-state index in [-0.39, 0.29) is 17.6 Å². The van der Waals surface area contributed by atoms with Crippen LogP contribution in [0.15, 0.2) is 61.1 Å². The van der Waals surface area contributed by atoms with E-state index in [9.17, 15) is 31.1 Å². The summed E-state index contributed by atoms with van der Waals surface area (Å²) in [5, 5.41) is 5.00. The molecule has 176 valence electrons. The van der Waals surface area contributed by atoms with Crippen molar-refractivity contribution in [2.45, 2.75) is 12.4 Å². The van der Waals surface area contributed by atoms with Gasteiger partial charge in [-0.1, -0.05) is 6.07 Å². The smallest absolute Gasteiger partial charge is 0.383 e. The molecular formula is C21H14F6N6O. The number of amides is 2. The number of alkyl halides is 6. The van der Waals surface area contributed by atoms with Crippen LogP contribution in [0, 0.1) is 0 Å². The number of nitrogens with one attached hydrogen (secondary N) is 2. The molecule has 0 radical (unpaired) electrons. The van der Waals surface area contributed by atoms with Crippen LogP contribution in [-0.4, -0.2) is 20.6 Å². The van der Waals surface area contributed by atoms with E-state index in [4.69, 9.17) is 5.73 Å². The molecule has 2 heterocycles. The summed E-state index contributed by atoms with van der Waals surface area (Å²) in [4.78, 5) is 20.4. The summed E-state index contributed by atoms with van der Waals surface area (Å²) in [6.07, 6.45) is -7.10. The third-order valence-corrected chi connectivity index (χ3v) is 4.74. The Bertz CT molecular complexity index is 1350. The zero-order valence-corrected chi connectivity index (χ0v) is 16.9. The number of aromatic nitrogens is 3. The molecule has 4 aromatic rings. The van der Waals surface area contributed by atoms with Crippen molar-refractivity contribution in [3.63, 3.8) is 0 Å². The molecule has 2 aromatic heterocycles. The van der Waals surface area contributed by atoms with Gasteiger partial charge in [-0.3, -0.25) is 0 Å². The van der Waals surface area contributed by atoms with Crippen molar-refractivity contribution in [2.75, 3.05) is 16.4 Å². The van der Waals surface area contributed by atoms with Crippen LogP contribution in [0.4, 0.5) is 48.3 Å². The van der Waals surface area contributed by atoms with Crippen LogP contribution in [0.3, 0.4) is 0 Å². The van der Waals surface area contributed by atoms with E-state index in [1.54, 1.807) is 29.0 Å². The number of hydrogen-bond donors (Lipinski definition) is 3. The van der Waals surface area contributed by atoms with E-state index in [2.05, 4.69) is 15.3 Å². The molecule has 2 aromatic carbocycles. The molecule has 0 aliphatic carbocycles. The molecule has 0 saturated carbocycles. The summed E-state index contributed by atoms with van der Waals surface area (Å²) in [6, 6.07) is 7.79. The van der Waals surface area contributed by atoms with Crippen molar-refractivity contribution in [1.82, 2.24) is 14.5 Å². The molecule has 13 heteroatoms. The molecule has 0 aliphatic rings. The van der Waals surface area contributed by atoms with Crippen molar-refractivity contribution in [3.8, 4) is 5.69 Å². The summed E-state index contributed by atoms with van der Waals surface area (Å²) < 4.78 is 79.8. The lowest BCUT2D eigenvalue weighted by molar-refractivity contribution is -0.143. The quantitative estimate of drug-likeness (QED) is 0.329. The molecule has 7 nitrogen and oxygen atoms in total. The lowest BCUT2D eigenvalue weighted by Crippen LogP contribution is -2.21. The number of urea groups is 1. The van der Waals surface area contributed by atoms with Crippen molar-refractivity contribution < 1.29 is 31.1 Å². The fourth-order valence-corrected chi connectivity index (χ4v) is 3.23. The molecule has 0 fully saturated rings. The number of carbonyl (C=O) groups excluding carboxylic acids is 1. The normalized spacial score (nSPS) is 12.1. The van der Waals surface area contributed by atoms with Gasteiger partial charge in [-0.25, -0.2) is 14.8 Å². The monoisotopic (exact) mass is 480 g/mol. The minimum Gasteiger partial charge on any atom is -0.383 e. The zero-order chi connectivity index (χ0) is 24.7. The molecule has 0 atom stereocenters. The average Bonchev–Trinajstić information content (AvgIpc) is 3.18. The maximum atomic E-state index is 13.0. The van der Waals surface area contributed by atoms with E-state index in [0.29, 0.717) is 28.9 Å². The highest BCUT2D eigenvalue weighted by Gasteiger charge is 2.37. The molecule has 0 aliphatic heterocycles. The average molecular weight is 480 g/mol. The second-order valence-corrected chi connectivity index (χ2v) is 7.11. The van der Waals surface area contributed by atoms with E-state index in [0.717, 1.165) is 0 Å². The molecular weight excluding hydrogens is 466 g/mol. The lowest BCUT2D eigenvalue weighted by atomic mass is 10.1. The Labute approximate surface area is 187 Å². The van der Waals surface area contributed by atoms with Crippen LogP contribution in [0.1, 0.15) is 11.1 Å². The molecule has 2 amide bonds. The molecule has 0 unspecified atom stereocenters. The van der Waals surface area contributed by atoms with Crippen molar-refractivity contribution >= 4 is 34.3 Å². The number of nitrogens with two attached hydrogens (primary N) is 1. The lowest BCUT2D eigenvalue weighted by Gasteiger charge is -2.15. The highest BCUT2D eigenvalue weighted by Crippen LogP contribution is 2.37. The largest absolute Gasteiger partial charge is 0.416 e. The molecule has 34 heavy (non-hydrogen) atoms. The maximum absolute atomic E-state index is 13.0. The van der Waals surface area contributed by atoms with Gasteiger partial charge >= 0.3 is 18.4 Å². The summed E-state index contributed by atoms with van der Waals surface area (Å²) in [5.41, 5.74) is 3.35. The van der Waals surface area contributed by atoms with Gasteiger partial charge in [-0.2, -0.15) is 26.3 Å². The topological polar surface area (TPSA) is 97.9 Å². The van der Waals surface area contributed by atoms with Crippen molar-refractivity contribution in [2.24, 2.45) is 0 Å². The number of nitrogen functional groups attached to an aromatic ring is 1. The number of nitrogens with zero attached hydrogens (tertiary/aromatic N) is 3. The second-order valence-electron chi connectivity index (χ2n) is 7.11.